The van der Waals surface area contributed by atoms with Crippen LogP contribution in [0.2, 0.25) is 5.02 Å². The molecule has 2 atom stereocenters. The summed E-state index contributed by atoms with van der Waals surface area (Å²) >= 11 is 8.11. The molecule has 1 unspecified atom stereocenters. The molecular weight excluding hydrogens is 434 g/mol. The zero-order valence-electron chi connectivity index (χ0n) is 18.0. The molecule has 0 spiro atoms. The highest BCUT2D eigenvalue weighted by atomic mass is 35.5. The SMILES string of the molecule is COc1ccc(C23C[C@@H]2CN(CCCSc2nnc(-c4ocnc4C)n2C)C3)cc1Cl. The monoisotopic (exact) mass is 459 g/mol. The standard InChI is InChI=1S/C22H26ClN5O2S/c1-14-19(30-13-24-14)20-25-26-21(27(20)2)31-8-4-7-28-11-16-10-22(16,12-28)15-5-6-18(29-3)17(23)9-15/h5-6,9,13,16H,4,7-8,10-12H2,1-3H3/t16-,22?/m1/s1. The zero-order valence-corrected chi connectivity index (χ0v) is 19.5. The summed E-state index contributed by atoms with van der Waals surface area (Å²) in [6.45, 7) is 5.30. The first-order chi connectivity index (χ1) is 15.0. The maximum absolute atomic E-state index is 6.38. The van der Waals surface area contributed by atoms with Gasteiger partial charge in [-0.05, 0) is 49.9 Å². The molecule has 0 radical (unpaired) electrons. The summed E-state index contributed by atoms with van der Waals surface area (Å²) in [7, 11) is 3.63. The van der Waals surface area contributed by atoms with Gasteiger partial charge in [-0.25, -0.2) is 4.98 Å². The van der Waals surface area contributed by atoms with Crippen LogP contribution in [0.5, 0.6) is 5.75 Å². The topological polar surface area (TPSA) is 69.2 Å². The molecule has 164 valence electrons. The summed E-state index contributed by atoms with van der Waals surface area (Å²) in [6, 6.07) is 6.28. The van der Waals surface area contributed by atoms with Crippen molar-refractivity contribution < 1.29 is 9.15 Å². The lowest BCUT2D eigenvalue weighted by molar-refractivity contribution is 0.299. The number of oxazole rings is 1. The predicted molar refractivity (Wildman–Crippen MR) is 121 cm³/mol. The van der Waals surface area contributed by atoms with Gasteiger partial charge in [-0.1, -0.05) is 29.4 Å². The number of aryl methyl sites for hydroxylation is 1. The average molecular weight is 460 g/mol. The van der Waals surface area contributed by atoms with Crippen LogP contribution in [0.1, 0.15) is 24.1 Å². The summed E-state index contributed by atoms with van der Waals surface area (Å²) in [6.07, 6.45) is 3.82. The molecule has 3 heterocycles. The number of methoxy groups -OCH3 is 1. The third kappa shape index (κ3) is 3.75. The minimum absolute atomic E-state index is 0.288. The number of rotatable bonds is 8. The van der Waals surface area contributed by atoms with Gasteiger partial charge in [-0.2, -0.15) is 0 Å². The number of hydrogen-bond acceptors (Lipinski definition) is 7. The van der Waals surface area contributed by atoms with Crippen LogP contribution in [-0.4, -0.2) is 57.1 Å². The molecule has 1 saturated carbocycles. The predicted octanol–water partition coefficient (Wildman–Crippen LogP) is 4.20. The number of thioether (sulfide) groups is 1. The van der Waals surface area contributed by atoms with Gasteiger partial charge in [0.15, 0.2) is 17.3 Å². The lowest BCUT2D eigenvalue weighted by Gasteiger charge is -2.21. The molecule has 0 N–H and O–H groups in total. The Hall–Kier alpha value is -2.03. The first-order valence-corrected chi connectivity index (χ1v) is 11.9. The minimum atomic E-state index is 0.288. The van der Waals surface area contributed by atoms with E-state index in [-0.39, 0.29) is 5.41 Å². The van der Waals surface area contributed by atoms with Gasteiger partial charge in [0.2, 0.25) is 5.82 Å². The minimum Gasteiger partial charge on any atom is -0.495 e. The second-order valence-corrected chi connectivity index (χ2v) is 9.95. The molecule has 3 aromatic rings. The highest BCUT2D eigenvalue weighted by Gasteiger charge is 2.60. The average Bonchev–Trinajstić information content (AvgIpc) is 3.05. The summed E-state index contributed by atoms with van der Waals surface area (Å²) in [5, 5.41) is 10.2. The first-order valence-electron chi connectivity index (χ1n) is 10.5. The van der Waals surface area contributed by atoms with E-state index in [0.29, 0.717) is 10.8 Å². The quantitative estimate of drug-likeness (QED) is 0.369. The molecule has 9 heteroatoms. The van der Waals surface area contributed by atoms with Crippen molar-refractivity contribution in [3.8, 4) is 17.3 Å². The van der Waals surface area contributed by atoms with E-state index in [1.165, 1.54) is 24.9 Å². The van der Waals surface area contributed by atoms with E-state index >= 15 is 0 Å². The number of aromatic nitrogens is 4. The van der Waals surface area contributed by atoms with E-state index < -0.39 is 0 Å². The third-order valence-electron chi connectivity index (χ3n) is 6.58. The Morgan fingerprint density at radius 3 is 2.97 bits per heavy atom. The molecular formula is C22H26ClN5O2S. The number of halogens is 1. The van der Waals surface area contributed by atoms with Gasteiger partial charge in [0, 0.05) is 31.3 Å². The molecule has 1 aliphatic heterocycles. The Kier molecular flexibility index (Phi) is 5.48. The van der Waals surface area contributed by atoms with Crippen LogP contribution in [0.3, 0.4) is 0 Å². The van der Waals surface area contributed by atoms with Gasteiger partial charge in [-0.3, -0.25) is 0 Å². The van der Waals surface area contributed by atoms with Gasteiger partial charge >= 0.3 is 0 Å². The van der Waals surface area contributed by atoms with E-state index in [0.717, 1.165) is 53.6 Å². The molecule has 1 aromatic carbocycles. The lowest BCUT2D eigenvalue weighted by atomic mass is 9.95. The normalized spacial score (nSPS) is 22.6. The van der Waals surface area contributed by atoms with Crippen molar-refractivity contribution in [1.82, 2.24) is 24.6 Å². The fourth-order valence-electron chi connectivity index (χ4n) is 4.79. The van der Waals surface area contributed by atoms with E-state index in [2.05, 4.69) is 32.2 Å². The summed E-state index contributed by atoms with van der Waals surface area (Å²) in [5.74, 6) is 3.90. The third-order valence-corrected chi connectivity index (χ3v) is 7.98. The lowest BCUT2D eigenvalue weighted by Crippen LogP contribution is -2.27. The van der Waals surface area contributed by atoms with Crippen LogP contribution in [0, 0.1) is 12.8 Å². The number of piperidine rings is 1. The van der Waals surface area contributed by atoms with E-state index in [1.807, 2.05) is 24.6 Å². The second-order valence-electron chi connectivity index (χ2n) is 8.48. The Bertz CT molecular complexity index is 1100. The zero-order chi connectivity index (χ0) is 21.6. The van der Waals surface area contributed by atoms with Crippen molar-refractivity contribution in [3.63, 3.8) is 0 Å². The van der Waals surface area contributed by atoms with Crippen LogP contribution in [0.25, 0.3) is 11.6 Å². The molecule has 0 amide bonds. The molecule has 1 saturated heterocycles. The number of nitrogens with zero attached hydrogens (tertiary/aromatic N) is 5. The molecule has 7 nitrogen and oxygen atoms in total. The van der Waals surface area contributed by atoms with Crippen molar-refractivity contribution in [3.05, 3.63) is 40.9 Å². The second kappa shape index (κ2) is 8.15. The smallest absolute Gasteiger partial charge is 0.202 e. The van der Waals surface area contributed by atoms with Gasteiger partial charge in [0.1, 0.15) is 5.75 Å². The number of likely N-dealkylation sites (tertiary alicyclic amines) is 1. The Morgan fingerprint density at radius 2 is 2.23 bits per heavy atom. The largest absolute Gasteiger partial charge is 0.495 e. The Labute approximate surface area is 191 Å². The maximum Gasteiger partial charge on any atom is 0.202 e. The highest BCUT2D eigenvalue weighted by Crippen LogP contribution is 2.59. The van der Waals surface area contributed by atoms with Crippen molar-refractivity contribution >= 4 is 23.4 Å². The Balaban J connectivity index is 1.13. The number of fused-ring (bicyclic) bond motifs is 1. The first kappa shape index (κ1) is 20.8. The molecule has 2 aliphatic rings. The number of hydrogen-bond donors (Lipinski definition) is 0. The van der Waals surface area contributed by atoms with Crippen molar-refractivity contribution in [2.45, 2.75) is 30.3 Å². The van der Waals surface area contributed by atoms with Crippen LogP contribution in [0.15, 0.2) is 34.2 Å². The molecule has 0 bridgehead atoms. The highest BCUT2D eigenvalue weighted by molar-refractivity contribution is 7.99. The van der Waals surface area contributed by atoms with Gasteiger partial charge < -0.3 is 18.6 Å². The number of ether oxygens (including phenoxy) is 1. The van der Waals surface area contributed by atoms with E-state index in [9.17, 15) is 0 Å². The maximum atomic E-state index is 6.38. The molecule has 2 fully saturated rings. The summed E-state index contributed by atoms with van der Waals surface area (Å²) in [5.41, 5.74) is 2.47. The van der Waals surface area contributed by atoms with Crippen molar-refractivity contribution in [2.24, 2.45) is 13.0 Å². The van der Waals surface area contributed by atoms with E-state index in [4.69, 9.17) is 20.8 Å². The van der Waals surface area contributed by atoms with Crippen molar-refractivity contribution in [2.75, 3.05) is 32.5 Å². The van der Waals surface area contributed by atoms with Crippen molar-refractivity contribution in [1.29, 1.82) is 0 Å². The Morgan fingerprint density at radius 1 is 1.35 bits per heavy atom. The van der Waals surface area contributed by atoms with Gasteiger partial charge in [0.05, 0.1) is 17.8 Å². The van der Waals surface area contributed by atoms with Crippen LogP contribution in [-0.2, 0) is 12.5 Å². The fourth-order valence-corrected chi connectivity index (χ4v) is 5.88. The molecule has 1 aliphatic carbocycles. The van der Waals surface area contributed by atoms with Crippen LogP contribution in [0.4, 0.5) is 0 Å². The summed E-state index contributed by atoms with van der Waals surface area (Å²) < 4.78 is 12.7. The van der Waals surface area contributed by atoms with Gasteiger partial charge in [-0.15, -0.1) is 10.2 Å². The molecule has 31 heavy (non-hydrogen) atoms. The van der Waals surface area contributed by atoms with Gasteiger partial charge in [0.25, 0.3) is 0 Å². The fraction of sp³-hybridized carbons (Fsp3) is 0.500. The van der Waals surface area contributed by atoms with Crippen LogP contribution < -0.4 is 4.74 Å². The summed E-state index contributed by atoms with van der Waals surface area (Å²) in [4.78, 5) is 6.73. The van der Waals surface area contributed by atoms with Crippen LogP contribution >= 0.6 is 23.4 Å². The van der Waals surface area contributed by atoms with E-state index in [1.54, 1.807) is 18.9 Å². The molecule has 2 aromatic heterocycles. The molecule has 5 rings (SSSR count). The number of benzene rings is 1.